The van der Waals surface area contributed by atoms with Gasteiger partial charge in [-0.3, -0.25) is 9.97 Å². The third kappa shape index (κ3) is 6.30. The lowest BCUT2D eigenvalue weighted by atomic mass is 9.57. The van der Waals surface area contributed by atoms with E-state index in [0.29, 0.717) is 5.92 Å². The van der Waals surface area contributed by atoms with Crippen LogP contribution in [0.25, 0.3) is 22.5 Å². The summed E-state index contributed by atoms with van der Waals surface area (Å²) in [6.07, 6.45) is 34.1. The van der Waals surface area contributed by atoms with E-state index < -0.39 is 5.41 Å². The predicted octanol–water partition coefficient (Wildman–Crippen LogP) is 12.3. The Morgan fingerprint density at radius 3 is 2.03 bits per heavy atom. The van der Waals surface area contributed by atoms with Gasteiger partial charge in [0.1, 0.15) is 11.9 Å². The summed E-state index contributed by atoms with van der Waals surface area (Å²) >= 11 is 0. The van der Waals surface area contributed by atoms with E-state index in [9.17, 15) is 0 Å². The molecule has 5 unspecified atom stereocenters. The van der Waals surface area contributed by atoms with Crippen LogP contribution in [0.15, 0.2) is 199 Å². The fraction of sp³-hybridized carbons (Fsp3) is 0.236. The Bertz CT molecular complexity index is 2630. The van der Waals surface area contributed by atoms with Crippen LogP contribution in [-0.2, 0) is 10.2 Å². The van der Waals surface area contributed by atoms with E-state index in [1.165, 1.54) is 34.3 Å². The van der Waals surface area contributed by atoms with Crippen molar-refractivity contribution in [3.05, 3.63) is 227 Å². The largest absolute Gasteiger partial charge is 0.485 e. The highest BCUT2D eigenvalue weighted by molar-refractivity contribution is 5.78. The highest BCUT2D eigenvalue weighted by Crippen LogP contribution is 2.58. The normalized spacial score (nSPS) is 25.1. The number of hydrogen-bond donors (Lipinski definition) is 0. The van der Waals surface area contributed by atoms with Crippen molar-refractivity contribution in [3.63, 3.8) is 0 Å². The predicted molar refractivity (Wildman–Crippen MR) is 240 cm³/mol. The second kappa shape index (κ2) is 15.6. The third-order valence-electron chi connectivity index (χ3n) is 13.6. The number of nitrogens with zero attached hydrogens (tertiary/aromatic N) is 4. The number of ether oxygens (including phenoxy) is 1. The van der Waals surface area contributed by atoms with E-state index >= 15 is 0 Å². The molecule has 0 radical (unpaired) electrons. The minimum atomic E-state index is -0.689. The molecule has 0 saturated carbocycles. The number of benzene rings is 2. The van der Waals surface area contributed by atoms with Gasteiger partial charge in [-0.1, -0.05) is 127 Å². The Labute approximate surface area is 353 Å². The first-order valence-electron chi connectivity index (χ1n) is 21.9. The first-order valence-corrected chi connectivity index (χ1v) is 21.9. The SMILES string of the molecule is C1=CC2C=C3OC4C(C5=C(c6cc(C7=CCCCC7c7ccccc7)nc(-c7ccccc7)n6)CCCC5)=CC=CC4C(c4ccccn4)(c4ccccn4)C3=CC2C=C1. The van der Waals surface area contributed by atoms with Crippen LogP contribution in [0.4, 0.5) is 0 Å². The molecule has 1 fully saturated rings. The number of aromatic nitrogens is 4. The molecular formula is C55H48N4O. The van der Waals surface area contributed by atoms with Gasteiger partial charge in [0.15, 0.2) is 5.82 Å². The maximum Gasteiger partial charge on any atom is 0.160 e. The summed E-state index contributed by atoms with van der Waals surface area (Å²) in [6, 6.07) is 36.4. The summed E-state index contributed by atoms with van der Waals surface area (Å²) in [5, 5.41) is 0. The Hall–Kier alpha value is -6.46. The second-order valence-electron chi connectivity index (χ2n) is 16.9. The molecule has 5 atom stereocenters. The van der Waals surface area contributed by atoms with Gasteiger partial charge >= 0.3 is 0 Å². The zero-order chi connectivity index (χ0) is 39.9. The topological polar surface area (TPSA) is 60.8 Å². The van der Waals surface area contributed by atoms with Gasteiger partial charge in [-0.2, -0.15) is 0 Å². The maximum atomic E-state index is 7.45. The molecule has 6 aliphatic rings. The van der Waals surface area contributed by atoms with Crippen LogP contribution in [0.5, 0.6) is 0 Å². The highest BCUT2D eigenvalue weighted by atomic mass is 16.5. The lowest BCUT2D eigenvalue weighted by Gasteiger charge is -2.52. The number of rotatable bonds is 7. The molecule has 0 spiro atoms. The molecule has 4 heterocycles. The molecule has 3 aromatic heterocycles. The van der Waals surface area contributed by atoms with Crippen molar-refractivity contribution in [2.24, 2.45) is 17.8 Å². The first kappa shape index (κ1) is 36.6. The van der Waals surface area contributed by atoms with Gasteiger partial charge in [-0.15, -0.1) is 0 Å². The van der Waals surface area contributed by atoms with Crippen molar-refractivity contribution in [3.8, 4) is 11.4 Å². The molecule has 1 saturated heterocycles. The number of hydrogen-bond acceptors (Lipinski definition) is 5. The Balaban J connectivity index is 1.09. The van der Waals surface area contributed by atoms with Crippen molar-refractivity contribution in [1.29, 1.82) is 0 Å². The lowest BCUT2D eigenvalue weighted by molar-refractivity contribution is 0.0558. The second-order valence-corrected chi connectivity index (χ2v) is 16.9. The fourth-order valence-electron chi connectivity index (χ4n) is 10.8. The van der Waals surface area contributed by atoms with Crippen LogP contribution in [0, 0.1) is 17.8 Å². The molecule has 0 bridgehead atoms. The van der Waals surface area contributed by atoms with E-state index in [4.69, 9.17) is 24.7 Å². The Morgan fingerprint density at radius 2 is 1.30 bits per heavy atom. The average molecular weight is 781 g/mol. The highest BCUT2D eigenvalue weighted by Gasteiger charge is 2.57. The van der Waals surface area contributed by atoms with E-state index in [1.54, 1.807) is 0 Å². The molecule has 1 aliphatic heterocycles. The third-order valence-corrected chi connectivity index (χ3v) is 13.6. The Kier molecular flexibility index (Phi) is 9.53. The van der Waals surface area contributed by atoms with Gasteiger partial charge in [0, 0.05) is 47.2 Å². The monoisotopic (exact) mass is 780 g/mol. The molecule has 11 rings (SSSR count). The summed E-state index contributed by atoms with van der Waals surface area (Å²) in [7, 11) is 0. The summed E-state index contributed by atoms with van der Waals surface area (Å²) < 4.78 is 7.45. The van der Waals surface area contributed by atoms with Gasteiger partial charge in [-0.25, -0.2) is 9.97 Å². The molecule has 5 aliphatic carbocycles. The van der Waals surface area contributed by atoms with Crippen molar-refractivity contribution in [1.82, 2.24) is 19.9 Å². The van der Waals surface area contributed by atoms with Crippen LogP contribution in [0.1, 0.15) is 79.2 Å². The molecule has 2 aromatic carbocycles. The smallest absolute Gasteiger partial charge is 0.160 e. The minimum Gasteiger partial charge on any atom is -0.485 e. The fourth-order valence-corrected chi connectivity index (χ4v) is 10.8. The molecule has 294 valence electrons. The average Bonchev–Trinajstić information content (AvgIpc) is 3.33. The summed E-state index contributed by atoms with van der Waals surface area (Å²) in [4.78, 5) is 21.2. The summed E-state index contributed by atoms with van der Waals surface area (Å²) in [5.74, 6) is 2.33. The molecule has 60 heavy (non-hydrogen) atoms. The maximum absolute atomic E-state index is 7.45. The zero-order valence-electron chi connectivity index (χ0n) is 33.8. The first-order chi connectivity index (χ1) is 29.8. The van der Waals surface area contributed by atoms with Crippen LogP contribution in [0.3, 0.4) is 0 Å². The van der Waals surface area contributed by atoms with Crippen molar-refractivity contribution in [2.45, 2.75) is 62.4 Å². The van der Waals surface area contributed by atoms with Crippen molar-refractivity contribution in [2.75, 3.05) is 0 Å². The number of fused-ring (bicyclic) bond motifs is 3. The van der Waals surface area contributed by atoms with Crippen LogP contribution < -0.4 is 0 Å². The standard InChI is InChI=1S/C55H48N4O/c1-3-18-37(19-4-1)41-24-9-11-26-43(41)48-36-49(59-54(58-48)38-20-5-2-6-21-38)44-27-12-10-25-42(44)45-28-17-29-46-53(45)60-50-35-40-23-8-7-22-39(40)34-47(50)55(46,51-30-13-15-32-56-51)52-31-14-16-33-57-52/h1-8,13-23,26,28-36,39-41,46,53H,9-12,24-25,27H2. The number of allylic oxidation sites excluding steroid dienone is 12. The summed E-state index contributed by atoms with van der Waals surface area (Å²) in [5.41, 5.74) is 12.1. The molecule has 5 heteroatoms. The minimum absolute atomic E-state index is 0.110. The van der Waals surface area contributed by atoms with E-state index in [-0.39, 0.29) is 23.9 Å². The van der Waals surface area contributed by atoms with E-state index in [0.717, 1.165) is 84.0 Å². The van der Waals surface area contributed by atoms with Crippen LogP contribution in [-0.4, -0.2) is 26.0 Å². The molecular weight excluding hydrogens is 733 g/mol. The molecule has 5 nitrogen and oxygen atoms in total. The van der Waals surface area contributed by atoms with Crippen LogP contribution >= 0.6 is 0 Å². The van der Waals surface area contributed by atoms with E-state index in [2.05, 4.69) is 152 Å². The lowest BCUT2D eigenvalue weighted by Crippen LogP contribution is -2.52. The van der Waals surface area contributed by atoms with Crippen molar-refractivity contribution >= 4 is 11.1 Å². The summed E-state index contributed by atoms with van der Waals surface area (Å²) in [6.45, 7) is 0. The molecule has 5 aromatic rings. The quantitative estimate of drug-likeness (QED) is 0.165. The van der Waals surface area contributed by atoms with Crippen molar-refractivity contribution < 1.29 is 4.74 Å². The molecule has 0 amide bonds. The zero-order valence-corrected chi connectivity index (χ0v) is 33.8. The Morgan fingerprint density at radius 1 is 0.617 bits per heavy atom. The van der Waals surface area contributed by atoms with Crippen LogP contribution in [0.2, 0.25) is 0 Å². The van der Waals surface area contributed by atoms with Gasteiger partial charge in [0.2, 0.25) is 0 Å². The van der Waals surface area contributed by atoms with Gasteiger partial charge in [0.25, 0.3) is 0 Å². The van der Waals surface area contributed by atoms with E-state index in [1.807, 2.05) is 24.5 Å². The van der Waals surface area contributed by atoms with Gasteiger partial charge in [-0.05, 0) is 109 Å². The number of pyridine rings is 2. The van der Waals surface area contributed by atoms with Gasteiger partial charge < -0.3 is 4.74 Å². The van der Waals surface area contributed by atoms with Gasteiger partial charge in [0.05, 0.1) is 28.2 Å². The molecule has 0 N–H and O–H groups in total.